The molecule has 1 aliphatic rings. The number of halogens is 3. The number of hydrogen-bond donors (Lipinski definition) is 0. The number of oxime groups is 1. The van der Waals surface area contributed by atoms with Gasteiger partial charge in [0.1, 0.15) is 23.0 Å². The molecule has 5 atom stereocenters. The number of methoxy groups -OCH3 is 2. The Hall–Kier alpha value is -3.10. The van der Waals surface area contributed by atoms with Crippen LogP contribution in [-0.2, 0) is 23.8 Å². The quantitative estimate of drug-likeness (QED) is 0.241. The lowest BCUT2D eigenvalue weighted by atomic mass is 9.99. The van der Waals surface area contributed by atoms with Gasteiger partial charge in [-0.3, -0.25) is 0 Å². The number of hydrogen-bond acceptors (Lipinski definition) is 10. The normalized spacial score (nSPS) is 23.7. The molecule has 13 heteroatoms. The van der Waals surface area contributed by atoms with Crippen LogP contribution in [-0.4, -0.2) is 73.5 Å². The monoisotopic (exact) mass is 567 g/mol. The van der Waals surface area contributed by atoms with Gasteiger partial charge in [-0.25, -0.2) is 4.98 Å². The molecule has 1 saturated heterocycles. The van der Waals surface area contributed by atoms with Crippen LogP contribution in [0.15, 0.2) is 53.7 Å². The molecule has 2 heterocycles. The van der Waals surface area contributed by atoms with Crippen molar-refractivity contribution >= 4 is 17.7 Å². The van der Waals surface area contributed by atoms with Crippen LogP contribution in [0.5, 0.6) is 5.75 Å². The van der Waals surface area contributed by atoms with E-state index in [1.807, 2.05) is 38.1 Å². The molecular formula is C26H28F3N3O6S. The van der Waals surface area contributed by atoms with E-state index in [9.17, 15) is 13.2 Å². The average Bonchev–Trinajstić information content (AvgIpc) is 3.39. The summed E-state index contributed by atoms with van der Waals surface area (Å²) in [5, 5.41) is 4.65. The molecule has 0 amide bonds. The minimum atomic E-state index is -4.74. The van der Waals surface area contributed by atoms with Gasteiger partial charge in [0.05, 0.1) is 12.3 Å². The van der Waals surface area contributed by atoms with Crippen molar-refractivity contribution in [3.8, 4) is 27.7 Å². The van der Waals surface area contributed by atoms with Crippen LogP contribution in [0.25, 0.3) is 22.0 Å². The molecule has 0 saturated carbocycles. The number of aromatic nitrogens is 2. The third-order valence-corrected chi connectivity index (χ3v) is 6.69. The first-order valence-electron chi connectivity index (χ1n) is 12.0. The Morgan fingerprint density at radius 3 is 2.26 bits per heavy atom. The van der Waals surface area contributed by atoms with Crippen molar-refractivity contribution in [3.63, 3.8) is 0 Å². The SMILES string of the molecule is CCO[C@@H]1[C@@H](OC)[C@H](C)O[C@@H](O/N=C/c2ccc(-c3nsc(-c4ccc(OC(F)(F)F)cc4)n3)cc2)[C@@H]1OC. The van der Waals surface area contributed by atoms with E-state index < -0.39 is 18.8 Å². The van der Waals surface area contributed by atoms with Crippen molar-refractivity contribution in [1.29, 1.82) is 0 Å². The van der Waals surface area contributed by atoms with Crippen LogP contribution in [0.4, 0.5) is 13.2 Å². The highest BCUT2D eigenvalue weighted by Crippen LogP contribution is 2.30. The summed E-state index contributed by atoms with van der Waals surface area (Å²) in [4.78, 5) is 10.1. The third-order valence-electron chi connectivity index (χ3n) is 5.93. The van der Waals surface area contributed by atoms with Gasteiger partial charge in [-0.2, -0.15) is 4.37 Å². The summed E-state index contributed by atoms with van der Waals surface area (Å²) in [7, 11) is 3.15. The van der Waals surface area contributed by atoms with Crippen LogP contribution in [0.1, 0.15) is 19.4 Å². The molecule has 0 spiro atoms. The first-order valence-corrected chi connectivity index (χ1v) is 12.8. The van der Waals surface area contributed by atoms with Crippen molar-refractivity contribution in [2.45, 2.75) is 50.9 Å². The second kappa shape index (κ2) is 12.8. The highest BCUT2D eigenvalue weighted by molar-refractivity contribution is 7.09. The molecule has 0 radical (unpaired) electrons. The Morgan fingerprint density at radius 2 is 1.64 bits per heavy atom. The maximum atomic E-state index is 12.4. The van der Waals surface area contributed by atoms with E-state index in [1.54, 1.807) is 20.4 Å². The number of alkyl halides is 3. The summed E-state index contributed by atoms with van der Waals surface area (Å²) in [5.74, 6) is 0.195. The molecule has 2 aromatic carbocycles. The highest BCUT2D eigenvalue weighted by Gasteiger charge is 2.47. The average molecular weight is 568 g/mol. The molecule has 9 nitrogen and oxygen atoms in total. The minimum absolute atomic E-state index is 0.293. The summed E-state index contributed by atoms with van der Waals surface area (Å²) in [6.07, 6.45) is -5.50. The molecule has 1 aromatic heterocycles. The molecule has 0 bridgehead atoms. The maximum absolute atomic E-state index is 12.4. The van der Waals surface area contributed by atoms with E-state index in [2.05, 4.69) is 19.3 Å². The number of nitrogens with zero attached hydrogens (tertiary/aromatic N) is 3. The molecule has 1 fully saturated rings. The maximum Gasteiger partial charge on any atom is 0.573 e. The van der Waals surface area contributed by atoms with Gasteiger partial charge < -0.3 is 28.5 Å². The largest absolute Gasteiger partial charge is 0.573 e. The predicted octanol–water partition coefficient (Wildman–Crippen LogP) is 5.30. The first kappa shape index (κ1) is 28.9. The Balaban J connectivity index is 1.38. The zero-order valence-electron chi connectivity index (χ0n) is 21.6. The van der Waals surface area contributed by atoms with Gasteiger partial charge in [0.25, 0.3) is 6.29 Å². The lowest BCUT2D eigenvalue weighted by Gasteiger charge is -2.42. The summed E-state index contributed by atoms with van der Waals surface area (Å²) in [6, 6.07) is 12.8. The molecule has 0 unspecified atom stereocenters. The fourth-order valence-electron chi connectivity index (χ4n) is 4.14. The van der Waals surface area contributed by atoms with Gasteiger partial charge in [-0.15, -0.1) is 13.2 Å². The van der Waals surface area contributed by atoms with Crippen molar-refractivity contribution in [1.82, 2.24) is 9.36 Å². The van der Waals surface area contributed by atoms with Crippen molar-refractivity contribution in [2.24, 2.45) is 5.16 Å². The first-order chi connectivity index (χ1) is 18.7. The molecule has 1 aliphatic heterocycles. The Bertz CT molecular complexity index is 1220. The molecule has 210 valence electrons. The molecular weight excluding hydrogens is 539 g/mol. The van der Waals surface area contributed by atoms with Gasteiger partial charge in [0, 0.05) is 32.0 Å². The molecule has 3 aromatic rings. The highest BCUT2D eigenvalue weighted by atomic mass is 32.1. The van der Waals surface area contributed by atoms with Crippen molar-refractivity contribution in [3.05, 3.63) is 54.1 Å². The predicted molar refractivity (Wildman–Crippen MR) is 137 cm³/mol. The standard InChI is InChI=1S/C26H28F3N3O6S/c1-5-35-21-20(33-3)15(2)36-25(22(21)34-4)38-30-14-16-6-8-17(9-7-16)23-31-24(39-32-23)18-10-12-19(13-11-18)37-26(27,28)29/h6-15,20-22,25H,5H2,1-4H3/b30-14+/t15-,20-,21+,22+,25-/m0/s1. The fraction of sp³-hybridized carbons (Fsp3) is 0.423. The summed E-state index contributed by atoms with van der Waals surface area (Å²) < 4.78 is 68.3. The van der Waals surface area contributed by atoms with Gasteiger partial charge in [0.15, 0.2) is 11.9 Å². The van der Waals surface area contributed by atoms with Crippen LogP contribution in [0.2, 0.25) is 0 Å². The van der Waals surface area contributed by atoms with Gasteiger partial charge in [0.2, 0.25) is 0 Å². The number of ether oxygens (including phenoxy) is 5. The van der Waals surface area contributed by atoms with E-state index in [4.69, 9.17) is 23.8 Å². The molecule has 39 heavy (non-hydrogen) atoms. The van der Waals surface area contributed by atoms with E-state index in [0.29, 0.717) is 23.0 Å². The number of benzene rings is 2. The van der Waals surface area contributed by atoms with E-state index in [1.165, 1.54) is 24.3 Å². The lowest BCUT2D eigenvalue weighted by Crippen LogP contribution is -2.59. The zero-order valence-corrected chi connectivity index (χ0v) is 22.4. The van der Waals surface area contributed by atoms with Crippen molar-refractivity contribution < 1.29 is 41.7 Å². The molecule has 0 N–H and O–H groups in total. The minimum Gasteiger partial charge on any atom is -0.406 e. The summed E-state index contributed by atoms with van der Waals surface area (Å²) in [5.41, 5.74) is 2.16. The van der Waals surface area contributed by atoms with Gasteiger partial charge in [-0.05, 0) is 55.2 Å². The molecule has 0 aliphatic carbocycles. The van der Waals surface area contributed by atoms with Crippen LogP contribution in [0.3, 0.4) is 0 Å². The van der Waals surface area contributed by atoms with E-state index in [-0.39, 0.29) is 24.1 Å². The van der Waals surface area contributed by atoms with Crippen LogP contribution in [0, 0.1) is 0 Å². The van der Waals surface area contributed by atoms with E-state index in [0.717, 1.165) is 22.7 Å². The third kappa shape index (κ3) is 7.31. The number of rotatable bonds is 10. The summed E-state index contributed by atoms with van der Waals surface area (Å²) >= 11 is 1.14. The fourth-order valence-corrected chi connectivity index (χ4v) is 4.83. The Labute approximate surface area is 227 Å². The van der Waals surface area contributed by atoms with Gasteiger partial charge in [-0.1, -0.05) is 29.4 Å². The molecule has 4 rings (SSSR count). The second-order valence-corrected chi connectivity index (χ2v) is 9.24. The van der Waals surface area contributed by atoms with Crippen LogP contribution < -0.4 is 4.74 Å². The van der Waals surface area contributed by atoms with E-state index >= 15 is 0 Å². The van der Waals surface area contributed by atoms with Crippen molar-refractivity contribution in [2.75, 3.05) is 20.8 Å². The topological polar surface area (TPSA) is 93.5 Å². The van der Waals surface area contributed by atoms with Gasteiger partial charge >= 0.3 is 6.36 Å². The Morgan fingerprint density at radius 1 is 0.974 bits per heavy atom. The van der Waals surface area contributed by atoms with Crippen LogP contribution >= 0.6 is 11.5 Å². The second-order valence-electron chi connectivity index (χ2n) is 8.49. The smallest absolute Gasteiger partial charge is 0.406 e. The Kier molecular flexibility index (Phi) is 9.51. The summed E-state index contributed by atoms with van der Waals surface area (Å²) in [6.45, 7) is 4.26. The lowest BCUT2D eigenvalue weighted by molar-refractivity contribution is -0.308. The zero-order chi connectivity index (χ0) is 28.0.